The van der Waals surface area contributed by atoms with Gasteiger partial charge in [0.1, 0.15) is 0 Å². The van der Waals surface area contributed by atoms with Gasteiger partial charge in [0.25, 0.3) is 0 Å². The first-order valence-corrected chi connectivity index (χ1v) is 14.1. The molecule has 0 amide bonds. The molecular formula is C33H73FS. The highest BCUT2D eigenvalue weighted by atomic mass is 32.1. The predicted molar refractivity (Wildman–Crippen MR) is 181 cm³/mol. The summed E-state index contributed by atoms with van der Waals surface area (Å²) in [4.78, 5) is 0. The maximum atomic E-state index is 10.5. The fourth-order valence-electron chi connectivity index (χ4n) is 0.158. The molecule has 0 nitrogen and oxygen atoms in total. The van der Waals surface area contributed by atoms with Crippen molar-refractivity contribution in [3.05, 3.63) is 36.7 Å². The number of halogens is 1. The van der Waals surface area contributed by atoms with E-state index in [1.807, 2.05) is 68.4 Å². The zero-order valence-electron chi connectivity index (χ0n) is 27.8. The second-order valence-corrected chi connectivity index (χ2v) is 5.83. The molecule has 0 aliphatic rings. The molecular weight excluding hydrogens is 447 g/mol. The molecule has 0 radical (unpaired) electrons. The Hall–Kier alpha value is -1.38. The van der Waals surface area contributed by atoms with Crippen LogP contribution in [-0.2, 0) is 0 Å². The van der Waals surface area contributed by atoms with E-state index in [2.05, 4.69) is 99.4 Å². The number of allylic oxidation sites excluding steroid dienone is 4. The van der Waals surface area contributed by atoms with Crippen LogP contribution in [0.15, 0.2) is 36.7 Å². The van der Waals surface area contributed by atoms with Gasteiger partial charge in [0.15, 0.2) is 0 Å². The Morgan fingerprint density at radius 1 is 0.771 bits per heavy atom. The zero-order chi connectivity index (χ0) is 31.5. The van der Waals surface area contributed by atoms with Crippen LogP contribution in [0.25, 0.3) is 0 Å². The van der Waals surface area contributed by atoms with Gasteiger partial charge in [-0.1, -0.05) is 133 Å². The fourth-order valence-corrected chi connectivity index (χ4v) is 0.474. The lowest BCUT2D eigenvalue weighted by Gasteiger charge is -1.84. The highest BCUT2D eigenvalue weighted by Crippen LogP contribution is 1.87. The Morgan fingerprint density at radius 2 is 0.971 bits per heavy atom. The van der Waals surface area contributed by atoms with E-state index in [9.17, 15) is 4.39 Å². The largest absolute Gasteiger partial charge is 0.216 e. The van der Waals surface area contributed by atoms with Crippen LogP contribution >= 0.6 is 12.6 Å². The Balaban J connectivity index is -0.0000000207. The van der Waals surface area contributed by atoms with Crippen LogP contribution in [0.2, 0.25) is 0 Å². The first-order chi connectivity index (χ1) is 16.8. The molecule has 2 heteroatoms. The number of thiol groups is 1. The molecule has 0 unspecified atom stereocenters. The Kier molecular flexibility index (Phi) is 351. The number of hydrogen-bond donors (Lipinski definition) is 1. The van der Waals surface area contributed by atoms with E-state index in [-0.39, 0.29) is 0 Å². The van der Waals surface area contributed by atoms with Gasteiger partial charge in [-0.25, -0.2) is 4.39 Å². The lowest BCUT2D eigenvalue weighted by Crippen LogP contribution is -1.71. The molecule has 0 saturated carbocycles. The van der Waals surface area contributed by atoms with Crippen molar-refractivity contribution >= 4 is 12.6 Å². The van der Waals surface area contributed by atoms with Gasteiger partial charge in [0.2, 0.25) is 0 Å². The molecule has 0 heterocycles. The highest BCUT2D eigenvalue weighted by Gasteiger charge is 1.73. The standard InChI is InChI=1S/2C5H10.C4H10S.C4H10.C3H5F.4C2H6.2C2H2/c2*1-4-5(2)3;1-2-3-4-5;1-3-4-2;1-2-3-4;6*1-2/h4H,1-3H3;4-5H,1H2,2-3H3;5H,2-4H2,1H3;3-4H2,1-2H3;2-3H,1H3;4*1-2H3;2*1-2H/b;;;;3-2+;;;;;;. The van der Waals surface area contributed by atoms with Crippen molar-refractivity contribution in [2.75, 3.05) is 5.75 Å². The predicted octanol–water partition coefficient (Wildman–Crippen LogP) is 13.4. The topological polar surface area (TPSA) is 0 Å². The van der Waals surface area contributed by atoms with E-state index in [1.54, 1.807) is 6.92 Å². The second-order valence-electron chi connectivity index (χ2n) is 5.38. The average molecular weight is 521 g/mol. The molecule has 0 spiro atoms. The van der Waals surface area contributed by atoms with Crippen LogP contribution in [0.1, 0.15) is 143 Å². The van der Waals surface area contributed by atoms with E-state index in [0.29, 0.717) is 12.2 Å². The summed E-state index contributed by atoms with van der Waals surface area (Å²) in [6.45, 7) is 38.1. The van der Waals surface area contributed by atoms with E-state index in [1.165, 1.54) is 37.3 Å². The van der Waals surface area contributed by atoms with Crippen LogP contribution < -0.4 is 0 Å². The molecule has 0 bridgehead atoms. The van der Waals surface area contributed by atoms with Crippen LogP contribution in [-0.4, -0.2) is 5.75 Å². The summed E-state index contributed by atoms with van der Waals surface area (Å²) in [6.07, 6.45) is 27.0. The highest BCUT2D eigenvalue weighted by molar-refractivity contribution is 7.80. The first kappa shape index (κ1) is 69.9. The molecule has 0 N–H and O–H groups in total. The molecule has 0 aromatic rings. The number of hydrogen-bond acceptors (Lipinski definition) is 1. The molecule has 0 rings (SSSR count). The number of terminal acetylenes is 2. The van der Waals surface area contributed by atoms with Crippen molar-refractivity contribution in [2.45, 2.75) is 143 Å². The second kappa shape index (κ2) is 176. The quantitative estimate of drug-likeness (QED) is 0.213. The smallest absolute Gasteiger partial charge is 0.0824 e. The Bertz CT molecular complexity index is 266. The third-order valence-corrected chi connectivity index (χ3v) is 2.50. The summed E-state index contributed by atoms with van der Waals surface area (Å²) in [5, 5.41) is 0. The molecule has 0 aromatic heterocycles. The molecule has 0 fully saturated rings. The normalized spacial score (nSPS) is 6.17. The Labute approximate surface area is 234 Å². The van der Waals surface area contributed by atoms with Crippen molar-refractivity contribution < 1.29 is 4.39 Å². The van der Waals surface area contributed by atoms with Crippen molar-refractivity contribution in [3.8, 4) is 25.7 Å². The molecule has 0 atom stereocenters. The summed E-state index contributed by atoms with van der Waals surface area (Å²) >= 11 is 4.00. The van der Waals surface area contributed by atoms with Crippen molar-refractivity contribution in [2.24, 2.45) is 5.92 Å². The minimum atomic E-state index is 0.500. The Morgan fingerprint density at radius 3 is 0.971 bits per heavy atom. The summed E-state index contributed by atoms with van der Waals surface area (Å²) in [6, 6.07) is 0. The molecule has 0 saturated heterocycles. The summed E-state index contributed by atoms with van der Waals surface area (Å²) in [5.74, 6) is 1.69. The van der Waals surface area contributed by atoms with Crippen LogP contribution in [0.5, 0.6) is 0 Å². The molecule has 0 aliphatic carbocycles. The van der Waals surface area contributed by atoms with Crippen LogP contribution in [0, 0.1) is 31.6 Å². The summed E-state index contributed by atoms with van der Waals surface area (Å²) < 4.78 is 10.5. The molecule has 0 aliphatic heterocycles. The first-order valence-electron chi connectivity index (χ1n) is 13.5. The molecule has 218 valence electrons. The SMILES string of the molecule is C#C.C#C.C/C=C/F.C=CC(C)C.CC.CC.CC.CC.CC=C(C)C.CCCC.CCCCS. The zero-order valence-corrected chi connectivity index (χ0v) is 28.7. The lowest BCUT2D eigenvalue weighted by molar-refractivity contribution is 0.719. The summed E-state index contributed by atoms with van der Waals surface area (Å²) in [5.41, 5.74) is 1.38. The molecule has 0 aromatic carbocycles. The molecule has 35 heavy (non-hydrogen) atoms. The third kappa shape index (κ3) is 698. The van der Waals surface area contributed by atoms with Crippen LogP contribution in [0.3, 0.4) is 0 Å². The monoisotopic (exact) mass is 521 g/mol. The van der Waals surface area contributed by atoms with E-state index in [0.717, 1.165) is 5.75 Å². The third-order valence-electron chi connectivity index (χ3n) is 2.19. The van der Waals surface area contributed by atoms with Crippen molar-refractivity contribution in [1.82, 2.24) is 0 Å². The van der Waals surface area contributed by atoms with Gasteiger partial charge in [-0.2, -0.15) is 12.6 Å². The fraction of sp³-hybridized carbons (Fsp3) is 0.697. The van der Waals surface area contributed by atoms with E-state index < -0.39 is 0 Å². The van der Waals surface area contributed by atoms with Gasteiger partial charge < -0.3 is 0 Å². The van der Waals surface area contributed by atoms with Gasteiger partial charge in [-0.05, 0) is 45.8 Å². The van der Waals surface area contributed by atoms with E-state index >= 15 is 0 Å². The average Bonchev–Trinajstić information content (AvgIpc) is 2.96. The minimum Gasteiger partial charge on any atom is -0.216 e. The number of rotatable bonds is 4. The van der Waals surface area contributed by atoms with Crippen molar-refractivity contribution in [1.29, 1.82) is 0 Å². The maximum Gasteiger partial charge on any atom is 0.0824 e. The van der Waals surface area contributed by atoms with Gasteiger partial charge in [0.05, 0.1) is 6.33 Å². The van der Waals surface area contributed by atoms with Gasteiger partial charge in [0, 0.05) is 0 Å². The minimum absolute atomic E-state index is 0.500. The van der Waals surface area contributed by atoms with Crippen molar-refractivity contribution in [3.63, 3.8) is 0 Å². The summed E-state index contributed by atoms with van der Waals surface area (Å²) in [7, 11) is 0. The van der Waals surface area contributed by atoms with Gasteiger partial charge in [-0.15, -0.1) is 32.3 Å². The number of unbranched alkanes of at least 4 members (excludes halogenated alkanes) is 2. The maximum absolute atomic E-state index is 10.5. The lowest BCUT2D eigenvalue weighted by atomic mass is 10.2. The van der Waals surface area contributed by atoms with E-state index in [4.69, 9.17) is 0 Å². The van der Waals surface area contributed by atoms with Gasteiger partial charge >= 0.3 is 0 Å². The van der Waals surface area contributed by atoms with Crippen LogP contribution in [0.4, 0.5) is 4.39 Å². The van der Waals surface area contributed by atoms with Gasteiger partial charge in [-0.3, -0.25) is 0 Å².